The lowest BCUT2D eigenvalue weighted by Crippen LogP contribution is -2.52. The summed E-state index contributed by atoms with van der Waals surface area (Å²) in [7, 11) is 0. The molecule has 1 N–H and O–H groups in total. The summed E-state index contributed by atoms with van der Waals surface area (Å²) >= 11 is 0. The van der Waals surface area contributed by atoms with Crippen LogP contribution in [0.5, 0.6) is 0 Å². The first-order chi connectivity index (χ1) is 17.7. The predicted octanol–water partition coefficient (Wildman–Crippen LogP) is 3.71. The van der Waals surface area contributed by atoms with Crippen LogP contribution in [0.15, 0.2) is 92.3 Å². The van der Waals surface area contributed by atoms with Gasteiger partial charge in [0.05, 0.1) is 0 Å². The Morgan fingerprint density at radius 3 is 2.06 bits per heavy atom. The highest BCUT2D eigenvalue weighted by molar-refractivity contribution is 5.74. The summed E-state index contributed by atoms with van der Waals surface area (Å²) in [6.07, 6.45) is 5.15. The molecular weight excluding hydrogens is 450 g/mol. The fourth-order valence-corrected chi connectivity index (χ4v) is 4.34. The Bertz CT molecular complexity index is 1080. The summed E-state index contributed by atoms with van der Waals surface area (Å²) in [5, 5.41) is 3.16. The van der Waals surface area contributed by atoms with E-state index in [1.807, 2.05) is 58.4 Å². The Morgan fingerprint density at radius 2 is 1.50 bits per heavy atom. The maximum atomic E-state index is 13.0. The normalized spacial score (nSPS) is 13.4. The predicted molar refractivity (Wildman–Crippen MR) is 144 cm³/mol. The Morgan fingerprint density at radius 1 is 0.917 bits per heavy atom. The number of benzene rings is 2. The molecule has 1 saturated heterocycles. The highest BCUT2D eigenvalue weighted by atomic mass is 16.2. The van der Waals surface area contributed by atoms with Crippen LogP contribution in [0.25, 0.3) is 0 Å². The van der Waals surface area contributed by atoms with E-state index in [4.69, 9.17) is 0 Å². The Labute approximate surface area is 213 Å². The van der Waals surface area contributed by atoms with Gasteiger partial charge in [-0.05, 0) is 11.1 Å². The molecule has 0 unspecified atom stereocenters. The minimum atomic E-state index is -0.0500. The number of carbonyl (C=O) groups is 1. The molecule has 2 amide bonds. The van der Waals surface area contributed by atoms with E-state index in [2.05, 4.69) is 62.6 Å². The molecular formula is C28H33N7O. The van der Waals surface area contributed by atoms with Gasteiger partial charge in [-0.1, -0.05) is 72.8 Å². The van der Waals surface area contributed by atoms with Gasteiger partial charge in [-0.2, -0.15) is 4.98 Å². The fourth-order valence-electron chi connectivity index (χ4n) is 4.34. The van der Waals surface area contributed by atoms with E-state index in [-0.39, 0.29) is 11.9 Å². The molecule has 1 aliphatic rings. The topological polar surface area (TPSA) is 77.5 Å². The number of nitrogens with zero attached hydrogens (tertiary/aromatic N) is 6. The molecule has 186 valence electrons. The van der Waals surface area contributed by atoms with E-state index in [1.165, 1.54) is 17.5 Å². The summed E-state index contributed by atoms with van der Waals surface area (Å²) in [4.78, 5) is 32.3. The first-order valence-corrected chi connectivity index (χ1v) is 12.2. The van der Waals surface area contributed by atoms with Crippen LogP contribution in [-0.4, -0.2) is 71.7 Å². The quantitative estimate of drug-likeness (QED) is 0.443. The molecule has 1 aromatic heterocycles. The standard InChI is InChI=1S/C28H33N7O/c1-3-15-33(16-4-2)26-30-22-31-27(32-26)34-17-19-35(20-18-34)28(36)29-21-25(23-11-7-5-8-12-23)24-13-9-6-10-14-24/h3-14,22,25H,1-2,15-21H2,(H,29,36). The minimum absolute atomic E-state index is 0.0500. The zero-order valence-electron chi connectivity index (χ0n) is 20.5. The molecule has 0 radical (unpaired) electrons. The second-order valence-corrected chi connectivity index (χ2v) is 8.60. The fraction of sp³-hybridized carbons (Fsp3) is 0.286. The van der Waals surface area contributed by atoms with Crippen molar-refractivity contribution in [1.29, 1.82) is 0 Å². The number of hydrogen-bond acceptors (Lipinski definition) is 6. The zero-order chi connectivity index (χ0) is 25.2. The minimum Gasteiger partial charge on any atom is -0.337 e. The molecule has 8 nitrogen and oxygen atoms in total. The molecule has 0 atom stereocenters. The number of urea groups is 1. The second kappa shape index (κ2) is 12.5. The van der Waals surface area contributed by atoms with Gasteiger partial charge >= 0.3 is 6.03 Å². The van der Waals surface area contributed by atoms with Crippen LogP contribution in [-0.2, 0) is 0 Å². The van der Waals surface area contributed by atoms with Gasteiger partial charge in [0.1, 0.15) is 6.33 Å². The number of amides is 2. The smallest absolute Gasteiger partial charge is 0.317 e. The van der Waals surface area contributed by atoms with Gasteiger partial charge < -0.3 is 20.0 Å². The number of aromatic nitrogens is 3. The van der Waals surface area contributed by atoms with Crippen molar-refractivity contribution < 1.29 is 4.79 Å². The number of piperazine rings is 1. The van der Waals surface area contributed by atoms with Gasteiger partial charge in [0.2, 0.25) is 11.9 Å². The molecule has 1 fully saturated rings. The number of nitrogens with one attached hydrogen (secondary N) is 1. The molecule has 0 spiro atoms. The summed E-state index contributed by atoms with van der Waals surface area (Å²) in [5.74, 6) is 1.30. The van der Waals surface area contributed by atoms with Gasteiger partial charge in [0.25, 0.3) is 0 Å². The van der Waals surface area contributed by atoms with E-state index < -0.39 is 0 Å². The number of rotatable bonds is 10. The zero-order valence-corrected chi connectivity index (χ0v) is 20.5. The third kappa shape index (κ3) is 6.27. The Balaban J connectivity index is 1.35. The van der Waals surface area contributed by atoms with E-state index in [1.54, 1.807) is 0 Å². The number of hydrogen-bond donors (Lipinski definition) is 1. The van der Waals surface area contributed by atoms with E-state index in [0.717, 1.165) is 0 Å². The molecule has 36 heavy (non-hydrogen) atoms. The Hall–Kier alpha value is -4.20. The van der Waals surface area contributed by atoms with Crippen molar-refractivity contribution in [2.24, 2.45) is 0 Å². The monoisotopic (exact) mass is 483 g/mol. The van der Waals surface area contributed by atoms with Crippen molar-refractivity contribution >= 4 is 17.9 Å². The van der Waals surface area contributed by atoms with Gasteiger partial charge in [-0.25, -0.2) is 14.8 Å². The average Bonchev–Trinajstić information content (AvgIpc) is 2.94. The van der Waals surface area contributed by atoms with Crippen LogP contribution in [0.1, 0.15) is 17.0 Å². The third-order valence-corrected chi connectivity index (χ3v) is 6.24. The van der Waals surface area contributed by atoms with Crippen LogP contribution in [0.3, 0.4) is 0 Å². The van der Waals surface area contributed by atoms with Crippen molar-refractivity contribution in [3.8, 4) is 0 Å². The first kappa shape index (κ1) is 24.9. The third-order valence-electron chi connectivity index (χ3n) is 6.24. The highest BCUT2D eigenvalue weighted by Crippen LogP contribution is 2.24. The lowest BCUT2D eigenvalue weighted by Gasteiger charge is -2.35. The average molecular weight is 484 g/mol. The van der Waals surface area contributed by atoms with Gasteiger partial charge in [-0.3, -0.25) is 0 Å². The first-order valence-electron chi connectivity index (χ1n) is 12.2. The maximum absolute atomic E-state index is 13.0. The van der Waals surface area contributed by atoms with Gasteiger partial charge in [-0.15, -0.1) is 13.2 Å². The lowest BCUT2D eigenvalue weighted by molar-refractivity contribution is 0.194. The number of carbonyl (C=O) groups excluding carboxylic acids is 1. The SMILES string of the molecule is C=CCN(CC=C)c1ncnc(N2CCN(C(=O)NCC(c3ccccc3)c3ccccc3)CC2)n1. The van der Waals surface area contributed by atoms with Crippen LogP contribution < -0.4 is 15.1 Å². The molecule has 0 bridgehead atoms. The largest absolute Gasteiger partial charge is 0.337 e. The van der Waals surface area contributed by atoms with Crippen molar-refractivity contribution in [2.45, 2.75) is 5.92 Å². The summed E-state index contributed by atoms with van der Waals surface area (Å²) in [6, 6.07) is 20.5. The molecule has 4 rings (SSSR count). The Kier molecular flexibility index (Phi) is 8.64. The van der Waals surface area contributed by atoms with Crippen molar-refractivity contribution in [1.82, 2.24) is 25.2 Å². The van der Waals surface area contributed by atoms with Crippen LogP contribution in [0.2, 0.25) is 0 Å². The molecule has 3 aromatic rings. The molecule has 0 aliphatic carbocycles. The lowest BCUT2D eigenvalue weighted by atomic mass is 9.91. The summed E-state index contributed by atoms with van der Waals surface area (Å²) < 4.78 is 0. The van der Waals surface area contributed by atoms with Gasteiger partial charge in [0.15, 0.2) is 0 Å². The summed E-state index contributed by atoms with van der Waals surface area (Å²) in [5.41, 5.74) is 2.36. The van der Waals surface area contributed by atoms with Crippen molar-refractivity contribution in [3.63, 3.8) is 0 Å². The maximum Gasteiger partial charge on any atom is 0.317 e. The van der Waals surface area contributed by atoms with Gasteiger partial charge in [0, 0.05) is 51.7 Å². The molecule has 8 heteroatoms. The molecule has 2 aromatic carbocycles. The summed E-state index contributed by atoms with van der Waals surface area (Å²) in [6.45, 7) is 11.9. The highest BCUT2D eigenvalue weighted by Gasteiger charge is 2.24. The van der Waals surface area contributed by atoms with Crippen LogP contribution in [0, 0.1) is 0 Å². The van der Waals surface area contributed by atoms with Crippen LogP contribution in [0.4, 0.5) is 16.7 Å². The van der Waals surface area contributed by atoms with E-state index >= 15 is 0 Å². The van der Waals surface area contributed by atoms with E-state index in [0.29, 0.717) is 57.7 Å². The van der Waals surface area contributed by atoms with Crippen molar-refractivity contribution in [3.05, 3.63) is 103 Å². The van der Waals surface area contributed by atoms with Crippen LogP contribution >= 0.6 is 0 Å². The molecule has 1 aliphatic heterocycles. The molecule has 0 saturated carbocycles. The van der Waals surface area contributed by atoms with Crippen molar-refractivity contribution in [2.75, 3.05) is 55.6 Å². The molecule has 2 heterocycles. The second-order valence-electron chi connectivity index (χ2n) is 8.60. The van der Waals surface area contributed by atoms with E-state index in [9.17, 15) is 4.79 Å². The number of anilines is 2.